The molecule has 0 aliphatic carbocycles. The molecule has 8 heteroatoms. The van der Waals surface area contributed by atoms with Crippen molar-refractivity contribution in [3.8, 4) is 5.69 Å². The molecule has 0 radical (unpaired) electrons. The van der Waals surface area contributed by atoms with Gasteiger partial charge in [-0.05, 0) is 35.9 Å². The summed E-state index contributed by atoms with van der Waals surface area (Å²) >= 11 is 0. The Morgan fingerprint density at radius 3 is 2.65 bits per heavy atom. The van der Waals surface area contributed by atoms with Crippen LogP contribution in [0.3, 0.4) is 0 Å². The minimum Gasteiger partial charge on any atom is -0.484 e. The molecule has 31 heavy (non-hydrogen) atoms. The number of halogens is 3. The van der Waals surface area contributed by atoms with Gasteiger partial charge in [0.2, 0.25) is 0 Å². The van der Waals surface area contributed by atoms with E-state index in [0.717, 1.165) is 45.7 Å². The summed E-state index contributed by atoms with van der Waals surface area (Å²) in [6.07, 6.45) is 0.829. The summed E-state index contributed by atoms with van der Waals surface area (Å²) in [7, 11) is 0. The van der Waals surface area contributed by atoms with Gasteiger partial charge >= 0.3 is 6.18 Å². The highest BCUT2D eigenvalue weighted by atomic mass is 19.4. The summed E-state index contributed by atoms with van der Waals surface area (Å²) in [5.74, 6) is 0.772. The first kappa shape index (κ1) is 19.2. The van der Waals surface area contributed by atoms with Gasteiger partial charge in [0.15, 0.2) is 5.76 Å². The number of benzene rings is 2. The highest BCUT2D eigenvalue weighted by Gasteiger charge is 2.30. The number of hydrogen-bond donors (Lipinski definition) is 1. The second-order valence-electron chi connectivity index (χ2n) is 7.14. The molecule has 0 unspecified atom stereocenters. The molecule has 3 heterocycles. The van der Waals surface area contributed by atoms with E-state index >= 15 is 0 Å². The van der Waals surface area contributed by atoms with Crippen LogP contribution in [-0.4, -0.2) is 21.4 Å². The molecule has 2 aromatic carbocycles. The number of pyridine rings is 1. The summed E-state index contributed by atoms with van der Waals surface area (Å²) < 4.78 is 46.3. The van der Waals surface area contributed by atoms with Crippen LogP contribution in [0.1, 0.15) is 16.7 Å². The summed E-state index contributed by atoms with van der Waals surface area (Å²) in [5.41, 5.74) is 3.24. The van der Waals surface area contributed by atoms with Crippen molar-refractivity contribution < 1.29 is 17.9 Å². The van der Waals surface area contributed by atoms with E-state index in [9.17, 15) is 13.2 Å². The molecule has 5 nitrogen and oxygen atoms in total. The largest absolute Gasteiger partial charge is 0.484 e. The van der Waals surface area contributed by atoms with Crippen LogP contribution in [0.15, 0.2) is 78.9 Å². The number of hydrogen-bond acceptors (Lipinski definition) is 4. The van der Waals surface area contributed by atoms with E-state index in [1.165, 1.54) is 6.07 Å². The normalized spacial score (nSPS) is 14.9. The van der Waals surface area contributed by atoms with Gasteiger partial charge in [-0.1, -0.05) is 24.3 Å². The predicted octanol–water partition coefficient (Wildman–Crippen LogP) is 4.93. The molecule has 1 saturated heterocycles. The lowest BCUT2D eigenvalue weighted by atomic mass is 10.1. The molecule has 0 amide bonds. The molecule has 0 bridgehead atoms. The van der Waals surface area contributed by atoms with Gasteiger partial charge in [0.05, 0.1) is 34.9 Å². The Hall–Kier alpha value is -3.81. The summed E-state index contributed by atoms with van der Waals surface area (Å²) in [5, 5.41) is 8.68. The van der Waals surface area contributed by atoms with Crippen molar-refractivity contribution in [2.24, 2.45) is 0 Å². The second kappa shape index (κ2) is 7.46. The SMILES string of the molecule is FC(F)(F)c1cccc(CNC(=C2CO2)c2cccc3c2cnn3-c2cccnc2)c1. The van der Waals surface area contributed by atoms with Gasteiger partial charge in [-0.2, -0.15) is 18.3 Å². The number of nitrogens with one attached hydrogen (secondary N) is 1. The van der Waals surface area contributed by atoms with Crippen molar-refractivity contribution in [2.75, 3.05) is 6.61 Å². The number of nitrogens with zero attached hydrogens (tertiary/aromatic N) is 3. The average Bonchev–Trinajstić information content (AvgIpc) is 3.52. The maximum Gasteiger partial charge on any atom is 0.416 e. The van der Waals surface area contributed by atoms with E-state index in [-0.39, 0.29) is 6.54 Å². The van der Waals surface area contributed by atoms with Crippen LogP contribution in [-0.2, 0) is 17.5 Å². The molecular weight excluding hydrogens is 405 g/mol. The van der Waals surface area contributed by atoms with Gasteiger partial charge in [-0.25, -0.2) is 4.68 Å². The molecule has 5 rings (SSSR count). The lowest BCUT2D eigenvalue weighted by Gasteiger charge is -2.13. The molecule has 1 fully saturated rings. The number of alkyl halides is 3. The molecule has 4 aromatic rings. The molecule has 2 aromatic heterocycles. The maximum atomic E-state index is 13.0. The summed E-state index contributed by atoms with van der Waals surface area (Å²) in [4.78, 5) is 4.15. The average molecular weight is 422 g/mol. The van der Waals surface area contributed by atoms with Crippen LogP contribution >= 0.6 is 0 Å². The smallest absolute Gasteiger partial charge is 0.416 e. The Morgan fingerprint density at radius 1 is 1.06 bits per heavy atom. The van der Waals surface area contributed by atoms with Crippen molar-refractivity contribution >= 4 is 16.6 Å². The van der Waals surface area contributed by atoms with Gasteiger partial charge in [0.1, 0.15) is 6.61 Å². The zero-order chi connectivity index (χ0) is 21.4. The van der Waals surface area contributed by atoms with Gasteiger partial charge in [-0.15, -0.1) is 0 Å². The highest BCUT2D eigenvalue weighted by Crippen LogP contribution is 2.33. The molecular formula is C23H17F3N4O. The van der Waals surface area contributed by atoms with E-state index < -0.39 is 11.7 Å². The third-order valence-corrected chi connectivity index (χ3v) is 5.06. The number of ether oxygens (including phenoxy) is 1. The zero-order valence-electron chi connectivity index (χ0n) is 16.2. The first-order valence-corrected chi connectivity index (χ1v) is 9.64. The lowest BCUT2D eigenvalue weighted by molar-refractivity contribution is -0.137. The Bertz CT molecular complexity index is 1270. The van der Waals surface area contributed by atoms with E-state index in [1.807, 2.05) is 30.3 Å². The van der Waals surface area contributed by atoms with Crippen molar-refractivity contribution in [2.45, 2.75) is 12.7 Å². The molecule has 156 valence electrons. The number of rotatable bonds is 5. The Morgan fingerprint density at radius 2 is 1.90 bits per heavy atom. The minimum atomic E-state index is -4.37. The molecule has 0 atom stereocenters. The zero-order valence-corrected chi connectivity index (χ0v) is 16.2. The van der Waals surface area contributed by atoms with Crippen molar-refractivity contribution in [1.29, 1.82) is 0 Å². The van der Waals surface area contributed by atoms with Crippen molar-refractivity contribution in [3.05, 3.63) is 95.6 Å². The fraction of sp³-hybridized carbons (Fsp3) is 0.130. The van der Waals surface area contributed by atoms with Gasteiger partial charge < -0.3 is 10.1 Å². The quantitative estimate of drug-likeness (QED) is 0.464. The Labute approximate surface area is 175 Å². The van der Waals surface area contributed by atoms with Crippen LogP contribution in [0.2, 0.25) is 0 Å². The molecule has 0 spiro atoms. The van der Waals surface area contributed by atoms with E-state index in [0.29, 0.717) is 12.2 Å². The number of fused-ring (bicyclic) bond motifs is 1. The second-order valence-corrected chi connectivity index (χ2v) is 7.14. The fourth-order valence-corrected chi connectivity index (χ4v) is 3.53. The molecule has 1 aliphatic heterocycles. The first-order chi connectivity index (χ1) is 15.0. The van der Waals surface area contributed by atoms with Crippen LogP contribution in [0.25, 0.3) is 22.3 Å². The molecule has 1 aliphatic rings. The third kappa shape index (κ3) is 3.84. The first-order valence-electron chi connectivity index (χ1n) is 9.64. The van der Waals surface area contributed by atoms with Gasteiger partial charge in [-0.3, -0.25) is 4.98 Å². The lowest BCUT2D eigenvalue weighted by Crippen LogP contribution is -2.14. The summed E-state index contributed by atoms with van der Waals surface area (Å²) in [6.45, 7) is 0.720. The van der Waals surface area contributed by atoms with Gasteiger partial charge in [0, 0.05) is 23.7 Å². The Kier molecular flexibility index (Phi) is 4.62. The van der Waals surface area contributed by atoms with E-state index in [1.54, 1.807) is 29.3 Å². The highest BCUT2D eigenvalue weighted by molar-refractivity contribution is 5.93. The number of aromatic nitrogens is 3. The molecule has 1 N–H and O–H groups in total. The van der Waals surface area contributed by atoms with E-state index in [2.05, 4.69) is 15.4 Å². The third-order valence-electron chi connectivity index (χ3n) is 5.06. The Balaban J connectivity index is 1.48. The predicted molar refractivity (Wildman–Crippen MR) is 110 cm³/mol. The van der Waals surface area contributed by atoms with Crippen LogP contribution < -0.4 is 5.32 Å². The maximum absolute atomic E-state index is 13.0. The van der Waals surface area contributed by atoms with E-state index in [4.69, 9.17) is 4.74 Å². The molecule has 0 saturated carbocycles. The topological polar surface area (TPSA) is 55.3 Å². The van der Waals surface area contributed by atoms with Crippen LogP contribution in [0.4, 0.5) is 13.2 Å². The van der Waals surface area contributed by atoms with Crippen LogP contribution in [0, 0.1) is 0 Å². The summed E-state index contributed by atoms with van der Waals surface area (Å²) in [6, 6.07) is 14.9. The van der Waals surface area contributed by atoms with Crippen LogP contribution in [0.5, 0.6) is 0 Å². The van der Waals surface area contributed by atoms with Crippen molar-refractivity contribution in [1.82, 2.24) is 20.1 Å². The minimum absolute atomic E-state index is 0.235. The number of epoxide rings is 1. The monoisotopic (exact) mass is 422 g/mol. The fourth-order valence-electron chi connectivity index (χ4n) is 3.53. The van der Waals surface area contributed by atoms with Crippen molar-refractivity contribution in [3.63, 3.8) is 0 Å². The van der Waals surface area contributed by atoms with Gasteiger partial charge in [0.25, 0.3) is 0 Å². The standard InChI is InChI=1S/C23H17F3N4O/c24-23(25,26)16-5-1-4-15(10-16)11-28-22(21-14-31-21)18-7-2-8-20-19(18)13-29-30(20)17-6-3-9-27-12-17/h1-10,12-13,28H,11,14H2.